The molecule has 0 radical (unpaired) electrons. The number of nitrogens with one attached hydrogen (secondary N) is 1. The van der Waals surface area contributed by atoms with Crippen molar-refractivity contribution in [1.82, 2.24) is 9.36 Å². The Morgan fingerprint density at radius 3 is 2.74 bits per heavy atom. The second-order valence-corrected chi connectivity index (χ2v) is 8.45. The molecule has 1 unspecified atom stereocenters. The van der Waals surface area contributed by atoms with Gasteiger partial charge in [-0.05, 0) is 43.7 Å². The molecular weight excluding hydrogens is 413 g/mol. The number of ether oxygens (including phenoxy) is 1. The first kappa shape index (κ1) is 19.5. The monoisotopic (exact) mass is 427 g/mol. The maximum Gasteiger partial charge on any atom is 0.264 e. The lowest BCUT2D eigenvalue weighted by Gasteiger charge is -2.11. The molecule has 0 bridgehead atoms. The predicted octanol–water partition coefficient (Wildman–Crippen LogP) is 4.58. The zero-order valence-corrected chi connectivity index (χ0v) is 16.7. The summed E-state index contributed by atoms with van der Waals surface area (Å²) >= 11 is 6.88. The van der Waals surface area contributed by atoms with Gasteiger partial charge in [-0.3, -0.25) is 4.72 Å². The largest absolute Gasteiger partial charge is 0.483 e. The Kier molecular flexibility index (Phi) is 5.64. The smallest absolute Gasteiger partial charge is 0.264 e. The Labute approximate surface area is 165 Å². The van der Waals surface area contributed by atoms with Gasteiger partial charge < -0.3 is 4.74 Å². The SMILES string of the molecule is Cc1c(Cl)cccc1S(=O)(=O)Nc1nc(C(C)Oc2cccc(F)c2)ns1. The van der Waals surface area contributed by atoms with Crippen molar-refractivity contribution in [3.8, 4) is 5.75 Å². The molecule has 6 nitrogen and oxygen atoms in total. The van der Waals surface area contributed by atoms with Gasteiger partial charge >= 0.3 is 0 Å². The number of rotatable bonds is 6. The molecule has 0 amide bonds. The summed E-state index contributed by atoms with van der Waals surface area (Å²) in [7, 11) is -3.86. The van der Waals surface area contributed by atoms with E-state index in [-0.39, 0.29) is 15.9 Å². The number of hydrogen-bond acceptors (Lipinski definition) is 6. The number of aromatic nitrogens is 2. The van der Waals surface area contributed by atoms with E-state index in [0.29, 0.717) is 16.3 Å². The van der Waals surface area contributed by atoms with E-state index in [4.69, 9.17) is 16.3 Å². The molecule has 1 N–H and O–H groups in total. The first-order chi connectivity index (χ1) is 12.8. The molecule has 1 aromatic heterocycles. The summed E-state index contributed by atoms with van der Waals surface area (Å²) in [6.07, 6.45) is -0.589. The van der Waals surface area contributed by atoms with Crippen LogP contribution in [0.1, 0.15) is 24.4 Å². The molecule has 0 saturated heterocycles. The average Bonchev–Trinajstić information content (AvgIpc) is 3.05. The van der Waals surface area contributed by atoms with E-state index in [9.17, 15) is 12.8 Å². The number of halogens is 2. The molecule has 0 spiro atoms. The summed E-state index contributed by atoms with van der Waals surface area (Å²) in [5.74, 6) is 0.190. The zero-order chi connectivity index (χ0) is 19.6. The van der Waals surface area contributed by atoms with Gasteiger partial charge in [-0.25, -0.2) is 12.8 Å². The molecule has 10 heteroatoms. The van der Waals surface area contributed by atoms with Crippen molar-refractivity contribution in [3.63, 3.8) is 0 Å². The van der Waals surface area contributed by atoms with Crippen LogP contribution in [0.15, 0.2) is 47.4 Å². The molecule has 3 rings (SSSR count). The van der Waals surface area contributed by atoms with Crippen LogP contribution in [0.25, 0.3) is 0 Å². The lowest BCUT2D eigenvalue weighted by molar-refractivity contribution is 0.217. The molecule has 1 heterocycles. The van der Waals surface area contributed by atoms with Crippen molar-refractivity contribution in [2.45, 2.75) is 24.8 Å². The molecule has 0 aliphatic heterocycles. The molecular formula is C17H15ClFN3O3S2. The van der Waals surface area contributed by atoms with Crippen LogP contribution in [-0.2, 0) is 10.0 Å². The second kappa shape index (κ2) is 7.79. The minimum atomic E-state index is -3.86. The summed E-state index contributed by atoms with van der Waals surface area (Å²) in [4.78, 5) is 4.22. The van der Waals surface area contributed by atoms with Crippen LogP contribution in [0, 0.1) is 12.7 Å². The number of benzene rings is 2. The van der Waals surface area contributed by atoms with E-state index >= 15 is 0 Å². The lowest BCUT2D eigenvalue weighted by atomic mass is 10.2. The van der Waals surface area contributed by atoms with E-state index in [2.05, 4.69) is 14.1 Å². The molecule has 27 heavy (non-hydrogen) atoms. The van der Waals surface area contributed by atoms with Crippen molar-refractivity contribution >= 4 is 38.3 Å². The van der Waals surface area contributed by atoms with E-state index in [1.165, 1.54) is 24.3 Å². The Balaban J connectivity index is 1.76. The Bertz CT molecular complexity index is 1070. The number of anilines is 1. The second-order valence-electron chi connectivity index (χ2n) is 5.64. The normalized spacial score (nSPS) is 12.6. The van der Waals surface area contributed by atoms with Crippen LogP contribution in [-0.4, -0.2) is 17.8 Å². The van der Waals surface area contributed by atoms with Gasteiger partial charge in [0.25, 0.3) is 10.0 Å². The summed E-state index contributed by atoms with van der Waals surface area (Å²) < 4.78 is 50.5. The van der Waals surface area contributed by atoms with Gasteiger partial charge in [0, 0.05) is 22.6 Å². The number of sulfonamides is 1. The lowest BCUT2D eigenvalue weighted by Crippen LogP contribution is -2.14. The standard InChI is InChI=1S/C17H15ClFN3O3S2/c1-10-14(18)7-4-8-15(10)27(23,24)22-17-20-16(21-26-17)11(2)25-13-6-3-5-12(19)9-13/h3-9,11H,1-2H3,(H,20,21,22). The highest BCUT2D eigenvalue weighted by molar-refractivity contribution is 7.93. The number of nitrogens with zero attached hydrogens (tertiary/aromatic N) is 2. The third kappa shape index (κ3) is 4.55. The first-order valence-corrected chi connectivity index (χ1v) is 10.4. The predicted molar refractivity (Wildman–Crippen MR) is 102 cm³/mol. The molecule has 0 aliphatic rings. The molecule has 3 aromatic rings. The topological polar surface area (TPSA) is 81.2 Å². The van der Waals surface area contributed by atoms with E-state index < -0.39 is 21.9 Å². The Morgan fingerprint density at radius 2 is 2.00 bits per heavy atom. The average molecular weight is 428 g/mol. The maximum absolute atomic E-state index is 13.2. The number of hydrogen-bond donors (Lipinski definition) is 1. The fourth-order valence-electron chi connectivity index (χ4n) is 2.29. The molecule has 0 aliphatic carbocycles. The maximum atomic E-state index is 13.2. The van der Waals surface area contributed by atoms with Crippen molar-refractivity contribution in [2.75, 3.05) is 4.72 Å². The van der Waals surface area contributed by atoms with Gasteiger partial charge in [0.2, 0.25) is 5.13 Å². The summed E-state index contributed by atoms with van der Waals surface area (Å²) in [6.45, 7) is 3.31. The van der Waals surface area contributed by atoms with Gasteiger partial charge in [0.05, 0.1) is 4.90 Å². The first-order valence-electron chi connectivity index (χ1n) is 7.80. The minimum absolute atomic E-state index is 0.0656. The highest BCUT2D eigenvalue weighted by atomic mass is 35.5. The highest BCUT2D eigenvalue weighted by Crippen LogP contribution is 2.27. The molecule has 0 fully saturated rings. The minimum Gasteiger partial charge on any atom is -0.483 e. The highest BCUT2D eigenvalue weighted by Gasteiger charge is 2.21. The Morgan fingerprint density at radius 1 is 1.26 bits per heavy atom. The zero-order valence-electron chi connectivity index (χ0n) is 14.3. The van der Waals surface area contributed by atoms with Crippen molar-refractivity contribution in [3.05, 3.63) is 64.7 Å². The molecule has 2 aromatic carbocycles. The van der Waals surface area contributed by atoms with E-state index in [0.717, 1.165) is 11.5 Å². The fraction of sp³-hybridized carbons (Fsp3) is 0.176. The Hall–Kier alpha value is -2.23. The van der Waals surface area contributed by atoms with Gasteiger partial charge in [0.15, 0.2) is 11.9 Å². The van der Waals surface area contributed by atoms with Gasteiger partial charge in [-0.2, -0.15) is 9.36 Å². The van der Waals surface area contributed by atoms with Gasteiger partial charge in [-0.15, -0.1) is 0 Å². The van der Waals surface area contributed by atoms with Crippen LogP contribution >= 0.6 is 23.1 Å². The van der Waals surface area contributed by atoms with Crippen LogP contribution in [0.3, 0.4) is 0 Å². The molecule has 0 saturated carbocycles. The van der Waals surface area contributed by atoms with Crippen LogP contribution < -0.4 is 9.46 Å². The summed E-state index contributed by atoms with van der Waals surface area (Å²) in [5, 5.41) is 0.451. The molecule has 142 valence electrons. The summed E-state index contributed by atoms with van der Waals surface area (Å²) in [5.41, 5.74) is 0.444. The van der Waals surface area contributed by atoms with Crippen molar-refractivity contribution in [2.24, 2.45) is 0 Å². The van der Waals surface area contributed by atoms with Gasteiger partial charge in [0.1, 0.15) is 11.6 Å². The molecule has 1 atom stereocenters. The third-order valence-corrected chi connectivity index (χ3v) is 6.31. The quantitative estimate of drug-likeness (QED) is 0.622. The van der Waals surface area contributed by atoms with Crippen LogP contribution in [0.2, 0.25) is 5.02 Å². The van der Waals surface area contributed by atoms with E-state index in [1.807, 2.05) is 0 Å². The fourth-order valence-corrected chi connectivity index (χ4v) is 4.66. The summed E-state index contributed by atoms with van der Waals surface area (Å²) in [6, 6.07) is 10.3. The van der Waals surface area contributed by atoms with Crippen molar-refractivity contribution < 1.29 is 17.5 Å². The van der Waals surface area contributed by atoms with E-state index in [1.54, 1.807) is 32.0 Å². The third-order valence-electron chi connectivity index (χ3n) is 3.64. The van der Waals surface area contributed by atoms with Crippen molar-refractivity contribution in [1.29, 1.82) is 0 Å². The van der Waals surface area contributed by atoms with Crippen LogP contribution in [0.4, 0.5) is 9.52 Å². The van der Waals surface area contributed by atoms with Crippen LogP contribution in [0.5, 0.6) is 5.75 Å². The van der Waals surface area contributed by atoms with Gasteiger partial charge in [-0.1, -0.05) is 23.7 Å².